The molecular weight excluding hydrogens is 262 g/mol. The van der Waals surface area contributed by atoms with Gasteiger partial charge in [-0.1, -0.05) is 12.1 Å². The molecule has 3 N–H and O–H groups in total. The van der Waals surface area contributed by atoms with Crippen molar-refractivity contribution in [2.75, 3.05) is 17.6 Å². The summed E-state index contributed by atoms with van der Waals surface area (Å²) in [6, 6.07) is 7.51. The van der Waals surface area contributed by atoms with Gasteiger partial charge in [-0.25, -0.2) is 4.79 Å². The molecule has 1 fully saturated rings. The number of hydrogen-bond acceptors (Lipinski definition) is 3. The van der Waals surface area contributed by atoms with Crippen LogP contribution in [0.25, 0.3) is 0 Å². The van der Waals surface area contributed by atoms with Crippen molar-refractivity contribution in [3.8, 4) is 0 Å². The molecule has 19 heavy (non-hydrogen) atoms. The summed E-state index contributed by atoms with van der Waals surface area (Å²) in [6.45, 7) is 2.64. The number of carbonyl (C=O) groups is 2. The molecule has 2 rings (SSSR count). The zero-order chi connectivity index (χ0) is 13.7. The quantitative estimate of drug-likeness (QED) is 0.785. The van der Waals surface area contributed by atoms with E-state index < -0.39 is 0 Å². The molecule has 1 atom stereocenters. The third-order valence-electron chi connectivity index (χ3n) is 2.70. The molecule has 1 aliphatic rings. The van der Waals surface area contributed by atoms with Crippen molar-refractivity contribution in [2.45, 2.75) is 18.7 Å². The number of anilines is 1. The van der Waals surface area contributed by atoms with Gasteiger partial charge in [0, 0.05) is 12.2 Å². The lowest BCUT2D eigenvalue weighted by Gasteiger charge is -2.23. The molecule has 6 heteroatoms. The Bertz CT molecular complexity index is 479. The molecule has 1 heterocycles. The normalized spacial score (nSPS) is 18.4. The molecule has 0 aromatic heterocycles. The second kappa shape index (κ2) is 6.47. The second-order valence-electron chi connectivity index (χ2n) is 4.41. The Hall–Kier alpha value is -1.69. The van der Waals surface area contributed by atoms with Crippen LogP contribution in [0.5, 0.6) is 0 Å². The van der Waals surface area contributed by atoms with Crippen LogP contribution in [0.4, 0.5) is 10.5 Å². The molecule has 0 spiro atoms. The van der Waals surface area contributed by atoms with E-state index in [2.05, 4.69) is 16.0 Å². The summed E-state index contributed by atoms with van der Waals surface area (Å²) < 4.78 is 0. The molecule has 5 nitrogen and oxygen atoms in total. The largest absolute Gasteiger partial charge is 0.338 e. The van der Waals surface area contributed by atoms with Gasteiger partial charge in [0.05, 0.1) is 11.1 Å². The summed E-state index contributed by atoms with van der Waals surface area (Å²) in [5, 5.41) is 8.32. The molecule has 0 radical (unpaired) electrons. The third-order valence-corrected chi connectivity index (χ3v) is 3.89. The summed E-state index contributed by atoms with van der Waals surface area (Å²) in [6.07, 6.45) is 0.828. The Balaban J connectivity index is 1.77. The van der Waals surface area contributed by atoms with E-state index >= 15 is 0 Å². The van der Waals surface area contributed by atoms with Crippen molar-refractivity contribution in [1.29, 1.82) is 0 Å². The fraction of sp³-hybridized carbons (Fsp3) is 0.385. The van der Waals surface area contributed by atoms with Crippen LogP contribution in [0.15, 0.2) is 24.3 Å². The van der Waals surface area contributed by atoms with E-state index in [0.717, 1.165) is 17.7 Å². The molecule has 1 aromatic carbocycles. The Labute approximate surface area is 116 Å². The van der Waals surface area contributed by atoms with Crippen molar-refractivity contribution >= 4 is 29.4 Å². The molecule has 1 aliphatic heterocycles. The van der Waals surface area contributed by atoms with Gasteiger partial charge in [-0.3, -0.25) is 4.79 Å². The molecule has 3 amide bonds. The van der Waals surface area contributed by atoms with Crippen molar-refractivity contribution < 1.29 is 9.59 Å². The highest BCUT2D eigenvalue weighted by Gasteiger charge is 2.18. The van der Waals surface area contributed by atoms with Crippen molar-refractivity contribution in [2.24, 2.45) is 0 Å². The predicted molar refractivity (Wildman–Crippen MR) is 77.2 cm³/mol. The first-order valence-corrected chi connectivity index (χ1v) is 7.21. The highest BCUT2D eigenvalue weighted by Crippen LogP contribution is 2.15. The Morgan fingerprint density at radius 1 is 1.53 bits per heavy atom. The molecule has 0 aliphatic carbocycles. The topological polar surface area (TPSA) is 70.2 Å². The minimum atomic E-state index is -0.164. The fourth-order valence-electron chi connectivity index (χ4n) is 1.81. The summed E-state index contributed by atoms with van der Waals surface area (Å²) >= 11 is 1.45. The fourth-order valence-corrected chi connectivity index (χ4v) is 2.71. The van der Waals surface area contributed by atoms with Crippen LogP contribution in [0, 0.1) is 6.92 Å². The smallest absolute Gasteiger partial charge is 0.315 e. The summed E-state index contributed by atoms with van der Waals surface area (Å²) in [5.41, 5.74) is 1.91. The van der Waals surface area contributed by atoms with Crippen LogP contribution in [-0.2, 0) is 4.79 Å². The first-order valence-electron chi connectivity index (χ1n) is 6.16. The average Bonchev–Trinajstić information content (AvgIpc) is 2.36. The van der Waals surface area contributed by atoms with Gasteiger partial charge in [-0.15, -0.1) is 11.8 Å². The van der Waals surface area contributed by atoms with E-state index in [-0.39, 0.29) is 17.3 Å². The summed E-state index contributed by atoms with van der Waals surface area (Å²) in [5.74, 6) is 0.280. The van der Waals surface area contributed by atoms with E-state index in [0.29, 0.717) is 12.3 Å². The van der Waals surface area contributed by atoms with E-state index in [9.17, 15) is 9.59 Å². The second-order valence-corrected chi connectivity index (χ2v) is 5.60. The van der Waals surface area contributed by atoms with Crippen molar-refractivity contribution in [3.05, 3.63) is 29.8 Å². The number of urea groups is 1. The van der Waals surface area contributed by atoms with Gasteiger partial charge in [0.15, 0.2) is 0 Å². The zero-order valence-electron chi connectivity index (χ0n) is 10.7. The van der Waals surface area contributed by atoms with E-state index in [4.69, 9.17) is 0 Å². The molecular formula is C13H17N3O2S. The van der Waals surface area contributed by atoms with E-state index in [1.165, 1.54) is 11.8 Å². The Kier molecular flexibility index (Phi) is 4.68. The number of amides is 3. The Morgan fingerprint density at radius 2 is 2.37 bits per heavy atom. The lowest BCUT2D eigenvalue weighted by Crippen LogP contribution is -2.48. The first-order chi connectivity index (χ1) is 9.13. The molecule has 102 valence electrons. The number of aryl methyl sites for hydroxylation is 1. The number of benzene rings is 1. The third kappa shape index (κ3) is 4.48. The maximum atomic E-state index is 11.8. The number of carbonyl (C=O) groups excluding carboxylic acids is 2. The average molecular weight is 279 g/mol. The van der Waals surface area contributed by atoms with E-state index in [1.807, 2.05) is 31.2 Å². The minimum Gasteiger partial charge on any atom is -0.338 e. The molecule has 1 unspecified atom stereocenters. The number of hydrogen-bond donors (Lipinski definition) is 3. The number of nitrogens with one attached hydrogen (secondary N) is 3. The van der Waals surface area contributed by atoms with Crippen molar-refractivity contribution in [3.63, 3.8) is 0 Å². The minimum absolute atomic E-state index is 0.0111. The lowest BCUT2D eigenvalue weighted by molar-refractivity contribution is -0.113. The van der Waals surface area contributed by atoms with E-state index in [1.54, 1.807) is 0 Å². The number of thioether (sulfide) groups is 1. The van der Waals surface area contributed by atoms with Crippen LogP contribution >= 0.6 is 11.8 Å². The first kappa shape index (κ1) is 13.7. The SMILES string of the molecule is Cc1cccc(NC(=O)CSC2CCNC(=O)N2)c1. The van der Waals surface area contributed by atoms with Crippen molar-refractivity contribution in [1.82, 2.24) is 10.6 Å². The van der Waals surface area contributed by atoms with Gasteiger partial charge in [0.2, 0.25) is 5.91 Å². The molecule has 0 bridgehead atoms. The zero-order valence-corrected chi connectivity index (χ0v) is 11.5. The Morgan fingerprint density at radius 3 is 3.11 bits per heavy atom. The van der Waals surface area contributed by atoms with Crippen LogP contribution < -0.4 is 16.0 Å². The predicted octanol–water partition coefficient (Wildman–Crippen LogP) is 1.70. The van der Waals surface area contributed by atoms with Gasteiger partial charge in [-0.05, 0) is 31.0 Å². The van der Waals surface area contributed by atoms with Gasteiger partial charge in [0.1, 0.15) is 0 Å². The molecule has 1 saturated heterocycles. The van der Waals surface area contributed by atoms with Gasteiger partial charge >= 0.3 is 6.03 Å². The van der Waals surface area contributed by atoms with Gasteiger partial charge < -0.3 is 16.0 Å². The maximum absolute atomic E-state index is 11.8. The van der Waals surface area contributed by atoms with Crippen LogP contribution in [0.1, 0.15) is 12.0 Å². The lowest BCUT2D eigenvalue weighted by atomic mass is 10.2. The van der Waals surface area contributed by atoms with Crippen LogP contribution in [-0.4, -0.2) is 29.6 Å². The molecule has 0 saturated carbocycles. The monoisotopic (exact) mass is 279 g/mol. The summed E-state index contributed by atoms with van der Waals surface area (Å²) in [4.78, 5) is 22.9. The summed E-state index contributed by atoms with van der Waals surface area (Å²) in [7, 11) is 0. The van der Waals surface area contributed by atoms with Gasteiger partial charge in [0.25, 0.3) is 0 Å². The van der Waals surface area contributed by atoms with Crippen LogP contribution in [0.3, 0.4) is 0 Å². The number of rotatable bonds is 4. The van der Waals surface area contributed by atoms with Crippen LogP contribution in [0.2, 0.25) is 0 Å². The van der Waals surface area contributed by atoms with Gasteiger partial charge in [-0.2, -0.15) is 0 Å². The maximum Gasteiger partial charge on any atom is 0.315 e. The highest BCUT2D eigenvalue weighted by atomic mass is 32.2. The standard InChI is InChI=1S/C13H17N3O2S/c1-9-3-2-4-10(7-9)15-11(17)8-19-12-5-6-14-13(18)16-12/h2-4,7,12H,5-6,8H2,1H3,(H,15,17)(H2,14,16,18). The highest BCUT2D eigenvalue weighted by molar-refractivity contribution is 8.00. The molecule has 1 aromatic rings.